The number of hydrogen-bond donors (Lipinski definition) is 1. The molecule has 0 saturated heterocycles. The number of nitrogens with zero attached hydrogens (tertiary/aromatic N) is 4. The predicted octanol–water partition coefficient (Wildman–Crippen LogP) is 3.06. The first kappa shape index (κ1) is 23.5. The van der Waals surface area contributed by atoms with Gasteiger partial charge < -0.3 is 9.84 Å². The van der Waals surface area contributed by atoms with Crippen molar-refractivity contribution >= 4 is 27.5 Å². The number of carbonyl (C=O) groups is 1. The van der Waals surface area contributed by atoms with Gasteiger partial charge in [-0.1, -0.05) is 24.3 Å². The van der Waals surface area contributed by atoms with Crippen molar-refractivity contribution in [1.82, 2.24) is 19.1 Å². The summed E-state index contributed by atoms with van der Waals surface area (Å²) in [5.74, 6) is -0.176. The Hall–Kier alpha value is -3.63. The van der Waals surface area contributed by atoms with E-state index in [4.69, 9.17) is 4.74 Å². The maximum Gasteiger partial charge on any atom is 0.340 e. The van der Waals surface area contributed by atoms with Gasteiger partial charge in [-0.3, -0.25) is 13.9 Å². The zero-order valence-electron chi connectivity index (χ0n) is 19.2. The van der Waals surface area contributed by atoms with Gasteiger partial charge >= 0.3 is 11.7 Å². The highest BCUT2D eigenvalue weighted by atomic mass is 32.1. The molecule has 0 amide bonds. The highest BCUT2D eigenvalue weighted by Crippen LogP contribution is 2.37. The van der Waals surface area contributed by atoms with Gasteiger partial charge in [0.05, 0.1) is 22.4 Å². The minimum absolute atomic E-state index is 0.0141. The van der Waals surface area contributed by atoms with Crippen LogP contribution in [0.2, 0.25) is 0 Å². The molecule has 0 aliphatic rings. The van der Waals surface area contributed by atoms with Crippen molar-refractivity contribution in [2.45, 2.75) is 32.9 Å². The van der Waals surface area contributed by atoms with Gasteiger partial charge in [-0.15, -0.1) is 11.3 Å². The van der Waals surface area contributed by atoms with E-state index in [9.17, 15) is 19.5 Å². The maximum absolute atomic E-state index is 13.1. The van der Waals surface area contributed by atoms with E-state index in [1.165, 1.54) is 11.6 Å². The summed E-state index contributed by atoms with van der Waals surface area (Å²) in [6.45, 7) is 5.39. The fraction of sp³-hybridized carbons (Fsp3) is 0.292. The van der Waals surface area contributed by atoms with Crippen LogP contribution in [-0.2, 0) is 11.8 Å². The van der Waals surface area contributed by atoms with Crippen molar-refractivity contribution in [2.24, 2.45) is 7.05 Å². The van der Waals surface area contributed by atoms with Crippen molar-refractivity contribution in [3.05, 3.63) is 79.6 Å². The number of hydrogen-bond acceptors (Lipinski definition) is 8. The van der Waals surface area contributed by atoms with Crippen LogP contribution >= 0.6 is 11.3 Å². The van der Waals surface area contributed by atoms with Crippen LogP contribution in [0.1, 0.15) is 53.7 Å². The molecule has 1 unspecified atom stereocenters. The van der Waals surface area contributed by atoms with Gasteiger partial charge in [0.25, 0.3) is 5.56 Å². The molecule has 0 spiro atoms. The van der Waals surface area contributed by atoms with Crippen molar-refractivity contribution in [3.8, 4) is 11.4 Å². The van der Waals surface area contributed by atoms with Crippen LogP contribution in [0.5, 0.6) is 0 Å². The van der Waals surface area contributed by atoms with E-state index < -0.39 is 23.3 Å². The molecule has 0 radical (unpaired) electrons. The molecule has 34 heavy (non-hydrogen) atoms. The predicted molar refractivity (Wildman–Crippen MR) is 129 cm³/mol. The Morgan fingerprint density at radius 2 is 1.79 bits per heavy atom. The molecule has 176 valence electrons. The summed E-state index contributed by atoms with van der Waals surface area (Å²) in [4.78, 5) is 47.9. The fourth-order valence-corrected chi connectivity index (χ4v) is 5.20. The second kappa shape index (κ2) is 9.32. The fourth-order valence-electron chi connectivity index (χ4n) is 3.78. The van der Waals surface area contributed by atoms with Gasteiger partial charge in [-0.05, 0) is 32.4 Å². The van der Waals surface area contributed by atoms with E-state index in [-0.39, 0.29) is 28.5 Å². The molecule has 0 bridgehead atoms. The average molecular weight is 481 g/mol. The molecule has 1 N–H and O–H groups in total. The lowest BCUT2D eigenvalue weighted by atomic mass is 10.0. The second-order valence-electron chi connectivity index (χ2n) is 7.95. The zero-order chi connectivity index (χ0) is 24.6. The molecule has 9 nitrogen and oxygen atoms in total. The van der Waals surface area contributed by atoms with Gasteiger partial charge in [-0.2, -0.15) is 0 Å². The third-order valence-electron chi connectivity index (χ3n) is 5.44. The quantitative estimate of drug-likeness (QED) is 0.422. The first-order valence-electron chi connectivity index (χ1n) is 10.8. The molecule has 1 atom stereocenters. The Balaban J connectivity index is 1.92. The summed E-state index contributed by atoms with van der Waals surface area (Å²) in [5, 5.41) is 11.4. The Morgan fingerprint density at radius 3 is 2.38 bits per heavy atom. The largest absolute Gasteiger partial charge is 0.462 e. The summed E-state index contributed by atoms with van der Waals surface area (Å²) in [6.07, 6.45) is 2.06. The third-order valence-corrected chi connectivity index (χ3v) is 6.68. The van der Waals surface area contributed by atoms with Crippen molar-refractivity contribution in [1.29, 1.82) is 0 Å². The first-order chi connectivity index (χ1) is 16.3. The van der Waals surface area contributed by atoms with Crippen LogP contribution in [0.4, 0.5) is 0 Å². The summed E-state index contributed by atoms with van der Waals surface area (Å²) >= 11 is 1.05. The second-order valence-corrected chi connectivity index (χ2v) is 8.98. The monoisotopic (exact) mass is 480 g/mol. The number of aromatic nitrogens is 4. The molecule has 0 aliphatic carbocycles. The number of fused-ring (bicyclic) bond motifs is 1. The van der Waals surface area contributed by atoms with Gasteiger partial charge in [0.1, 0.15) is 10.9 Å². The summed E-state index contributed by atoms with van der Waals surface area (Å²) < 4.78 is 7.66. The highest BCUT2D eigenvalue weighted by Gasteiger charge is 2.30. The van der Waals surface area contributed by atoms with E-state index in [1.807, 2.05) is 13.8 Å². The van der Waals surface area contributed by atoms with Crippen LogP contribution < -0.4 is 11.2 Å². The van der Waals surface area contributed by atoms with Gasteiger partial charge in [0.2, 0.25) is 0 Å². The lowest BCUT2D eigenvalue weighted by Gasteiger charge is -2.12. The summed E-state index contributed by atoms with van der Waals surface area (Å²) in [5.41, 5.74) is 0.163. The number of aliphatic hydroxyl groups excluding tert-OH is 1. The number of ether oxygens (including phenoxy) is 1. The van der Waals surface area contributed by atoms with Crippen LogP contribution in [0.3, 0.4) is 0 Å². The number of esters is 1. The summed E-state index contributed by atoms with van der Waals surface area (Å²) in [7, 11) is 1.37. The molecule has 3 heterocycles. The minimum atomic E-state index is -1.22. The number of aliphatic hydroxyl groups is 1. The van der Waals surface area contributed by atoms with Crippen molar-refractivity contribution in [2.75, 3.05) is 6.61 Å². The van der Waals surface area contributed by atoms with Crippen LogP contribution in [0, 0.1) is 0 Å². The lowest BCUT2D eigenvalue weighted by molar-refractivity contribution is 0.0524. The molecule has 0 saturated carbocycles. The topological polar surface area (TPSA) is 116 Å². The Bertz CT molecular complexity index is 1470. The molecule has 4 rings (SSSR count). The molecule has 0 fully saturated rings. The Kier molecular flexibility index (Phi) is 6.45. The minimum Gasteiger partial charge on any atom is -0.462 e. The number of carbonyl (C=O) groups excluding carboxylic acids is 1. The average Bonchev–Trinajstić information content (AvgIpc) is 3.23. The lowest BCUT2D eigenvalue weighted by Crippen LogP contribution is -2.38. The SMILES string of the molecule is CCOC(=O)c1c(C(O)c2ccc(-c3ncccn3)cc2)sc2c1c(=O)n(C)c(=O)n2C(C)C. The smallest absolute Gasteiger partial charge is 0.340 e. The highest BCUT2D eigenvalue weighted by molar-refractivity contribution is 7.19. The van der Waals surface area contributed by atoms with E-state index in [0.717, 1.165) is 21.5 Å². The number of thiophene rings is 1. The Labute approximate surface area is 198 Å². The van der Waals surface area contributed by atoms with Crippen LogP contribution in [0.25, 0.3) is 21.6 Å². The van der Waals surface area contributed by atoms with Gasteiger partial charge in [0.15, 0.2) is 5.82 Å². The standard InChI is InChI=1S/C24H24N4O5S/c1-5-33-23(31)16-17-21(30)27(4)24(32)28(13(2)3)22(17)34-19(16)18(29)14-7-9-15(10-8-14)20-25-11-6-12-26-20/h6-13,18,29H,5H2,1-4H3. The van der Waals surface area contributed by atoms with Crippen LogP contribution in [0.15, 0.2) is 52.3 Å². The molecule has 10 heteroatoms. The van der Waals surface area contributed by atoms with Crippen LogP contribution in [-0.4, -0.2) is 36.8 Å². The zero-order valence-corrected chi connectivity index (χ0v) is 20.0. The number of benzene rings is 1. The Morgan fingerprint density at radius 1 is 1.15 bits per heavy atom. The first-order valence-corrected chi connectivity index (χ1v) is 11.6. The van der Waals surface area contributed by atoms with Gasteiger partial charge in [0, 0.05) is 31.0 Å². The maximum atomic E-state index is 13.1. The van der Waals surface area contributed by atoms with Gasteiger partial charge in [-0.25, -0.2) is 19.6 Å². The molecular formula is C24H24N4O5S. The molecule has 0 aliphatic heterocycles. The third kappa shape index (κ3) is 3.95. The van der Waals surface area contributed by atoms with E-state index >= 15 is 0 Å². The normalized spacial score (nSPS) is 12.3. The summed E-state index contributed by atoms with van der Waals surface area (Å²) in [6, 6.07) is 8.42. The van der Waals surface area contributed by atoms with E-state index in [1.54, 1.807) is 49.6 Å². The van der Waals surface area contributed by atoms with E-state index in [0.29, 0.717) is 16.2 Å². The van der Waals surface area contributed by atoms with Crippen molar-refractivity contribution in [3.63, 3.8) is 0 Å². The van der Waals surface area contributed by atoms with Crippen molar-refractivity contribution < 1.29 is 14.6 Å². The molecule has 4 aromatic rings. The van der Waals surface area contributed by atoms with E-state index in [2.05, 4.69) is 9.97 Å². The molecule has 1 aromatic carbocycles. The molecular weight excluding hydrogens is 456 g/mol. The number of rotatable bonds is 6. The molecule has 3 aromatic heterocycles.